The van der Waals surface area contributed by atoms with E-state index in [9.17, 15) is 4.79 Å². The summed E-state index contributed by atoms with van der Waals surface area (Å²) in [4.78, 5) is 20.6. The lowest BCUT2D eigenvalue weighted by Crippen LogP contribution is -2.33. The highest BCUT2D eigenvalue weighted by molar-refractivity contribution is 9.10. The minimum Gasteiger partial charge on any atom is -0.369 e. The van der Waals surface area contributed by atoms with Crippen molar-refractivity contribution in [3.8, 4) is 0 Å². The molecule has 0 aliphatic heterocycles. The van der Waals surface area contributed by atoms with Gasteiger partial charge in [-0.1, -0.05) is 0 Å². The Hall–Kier alpha value is -1.63. The Morgan fingerprint density at radius 3 is 3.05 bits per heavy atom. The molecule has 1 atom stereocenters. The van der Waals surface area contributed by atoms with E-state index >= 15 is 0 Å². The van der Waals surface area contributed by atoms with Gasteiger partial charge >= 0.3 is 0 Å². The van der Waals surface area contributed by atoms with Gasteiger partial charge in [-0.05, 0) is 41.8 Å². The van der Waals surface area contributed by atoms with Crippen LogP contribution in [0.25, 0.3) is 11.2 Å². The monoisotopic (exact) mass is 323 g/mol. The zero-order valence-corrected chi connectivity index (χ0v) is 12.0. The van der Waals surface area contributed by atoms with E-state index in [2.05, 4.69) is 31.2 Å². The average Bonchev–Trinajstić information content (AvgIpc) is 3.10. The van der Waals surface area contributed by atoms with E-state index in [1.807, 2.05) is 6.07 Å². The molecule has 0 saturated heterocycles. The molecule has 0 radical (unpaired) electrons. The van der Waals surface area contributed by atoms with Crippen molar-refractivity contribution < 1.29 is 4.79 Å². The van der Waals surface area contributed by atoms with Gasteiger partial charge in [-0.15, -0.1) is 0 Å². The van der Waals surface area contributed by atoms with Crippen LogP contribution in [0.5, 0.6) is 0 Å². The molecule has 100 valence electrons. The molecule has 3 N–H and O–H groups in total. The van der Waals surface area contributed by atoms with Crippen LogP contribution in [0.15, 0.2) is 16.7 Å². The van der Waals surface area contributed by atoms with Crippen LogP contribution in [0.3, 0.4) is 0 Å². The Kier molecular flexibility index (Phi) is 2.93. The predicted octanol–water partition coefficient (Wildman–Crippen LogP) is 1.62. The third kappa shape index (κ3) is 2.30. The van der Waals surface area contributed by atoms with E-state index in [0.717, 1.165) is 17.3 Å². The Balaban J connectivity index is 1.98. The van der Waals surface area contributed by atoms with Crippen molar-refractivity contribution in [3.63, 3.8) is 0 Å². The molecule has 1 aliphatic rings. The summed E-state index contributed by atoms with van der Waals surface area (Å²) in [5.74, 6) is 0.261. The van der Waals surface area contributed by atoms with Crippen LogP contribution in [0.1, 0.15) is 25.8 Å². The van der Waals surface area contributed by atoms with Crippen molar-refractivity contribution in [2.45, 2.75) is 31.8 Å². The van der Waals surface area contributed by atoms with E-state index in [4.69, 9.17) is 5.73 Å². The SMILES string of the molecule is CC(C(=O)NC1CC1)n1c(N)nc2cc(Br)cnc21. The van der Waals surface area contributed by atoms with Gasteiger partial charge in [0.2, 0.25) is 11.9 Å². The van der Waals surface area contributed by atoms with Crippen molar-refractivity contribution in [1.29, 1.82) is 0 Å². The summed E-state index contributed by atoms with van der Waals surface area (Å²) in [6.07, 6.45) is 3.79. The van der Waals surface area contributed by atoms with Crippen molar-refractivity contribution in [1.82, 2.24) is 19.9 Å². The van der Waals surface area contributed by atoms with E-state index in [1.54, 1.807) is 17.7 Å². The molecule has 19 heavy (non-hydrogen) atoms. The zero-order chi connectivity index (χ0) is 13.6. The van der Waals surface area contributed by atoms with Gasteiger partial charge in [0.15, 0.2) is 5.65 Å². The fourth-order valence-corrected chi connectivity index (χ4v) is 2.34. The largest absolute Gasteiger partial charge is 0.369 e. The number of nitrogens with one attached hydrogen (secondary N) is 1. The number of hydrogen-bond acceptors (Lipinski definition) is 4. The van der Waals surface area contributed by atoms with Crippen LogP contribution in [0.2, 0.25) is 0 Å². The van der Waals surface area contributed by atoms with Crippen molar-refractivity contribution in [2.75, 3.05) is 5.73 Å². The first-order valence-corrected chi connectivity index (χ1v) is 6.95. The van der Waals surface area contributed by atoms with E-state index in [0.29, 0.717) is 23.2 Å². The van der Waals surface area contributed by atoms with Crippen molar-refractivity contribution in [2.24, 2.45) is 0 Å². The highest BCUT2D eigenvalue weighted by Crippen LogP contribution is 2.25. The molecule has 3 rings (SSSR count). The fraction of sp³-hybridized carbons (Fsp3) is 0.417. The molecule has 1 aliphatic carbocycles. The topological polar surface area (TPSA) is 85.8 Å². The van der Waals surface area contributed by atoms with E-state index in [1.165, 1.54) is 0 Å². The number of rotatable bonds is 3. The van der Waals surface area contributed by atoms with Crippen LogP contribution >= 0.6 is 15.9 Å². The van der Waals surface area contributed by atoms with E-state index in [-0.39, 0.29) is 5.91 Å². The van der Waals surface area contributed by atoms with Crippen LogP contribution in [-0.4, -0.2) is 26.5 Å². The number of nitrogen functional groups attached to an aromatic ring is 1. The number of carbonyl (C=O) groups is 1. The van der Waals surface area contributed by atoms with Gasteiger partial charge in [0, 0.05) is 16.7 Å². The lowest BCUT2D eigenvalue weighted by atomic mass is 10.3. The molecule has 2 aromatic heterocycles. The predicted molar refractivity (Wildman–Crippen MR) is 75.5 cm³/mol. The number of amides is 1. The molecule has 1 fully saturated rings. The average molecular weight is 324 g/mol. The molecule has 7 heteroatoms. The molecule has 1 saturated carbocycles. The third-order valence-corrected chi connectivity index (χ3v) is 3.65. The minimum absolute atomic E-state index is 0.0433. The van der Waals surface area contributed by atoms with Crippen molar-refractivity contribution >= 4 is 38.9 Å². The highest BCUT2D eigenvalue weighted by Gasteiger charge is 2.28. The van der Waals surface area contributed by atoms with Gasteiger partial charge in [-0.2, -0.15) is 0 Å². The number of aromatic nitrogens is 3. The second kappa shape index (κ2) is 4.48. The zero-order valence-electron chi connectivity index (χ0n) is 10.4. The maximum Gasteiger partial charge on any atom is 0.243 e. The number of fused-ring (bicyclic) bond motifs is 1. The summed E-state index contributed by atoms with van der Waals surface area (Å²) in [6, 6.07) is 1.74. The van der Waals surface area contributed by atoms with Crippen LogP contribution in [0, 0.1) is 0 Å². The first-order chi connectivity index (χ1) is 9.06. The summed E-state index contributed by atoms with van der Waals surface area (Å²) >= 11 is 3.34. The molecule has 0 aromatic carbocycles. The van der Waals surface area contributed by atoms with Crippen LogP contribution in [0.4, 0.5) is 5.95 Å². The molecule has 0 spiro atoms. The maximum atomic E-state index is 12.1. The van der Waals surface area contributed by atoms with Crippen LogP contribution < -0.4 is 11.1 Å². The van der Waals surface area contributed by atoms with Gasteiger partial charge in [0.1, 0.15) is 11.6 Å². The van der Waals surface area contributed by atoms with Crippen LogP contribution in [-0.2, 0) is 4.79 Å². The Morgan fingerprint density at radius 1 is 1.63 bits per heavy atom. The van der Waals surface area contributed by atoms with Gasteiger partial charge in [-0.25, -0.2) is 9.97 Å². The summed E-state index contributed by atoms with van der Waals surface area (Å²) in [5.41, 5.74) is 7.21. The number of anilines is 1. The number of hydrogen-bond donors (Lipinski definition) is 2. The normalized spacial score (nSPS) is 16.5. The lowest BCUT2D eigenvalue weighted by Gasteiger charge is -2.15. The third-order valence-electron chi connectivity index (χ3n) is 3.21. The summed E-state index contributed by atoms with van der Waals surface area (Å²) in [7, 11) is 0. The smallest absolute Gasteiger partial charge is 0.243 e. The van der Waals surface area contributed by atoms with Gasteiger partial charge in [0.25, 0.3) is 0 Å². The number of halogens is 1. The molecule has 1 unspecified atom stereocenters. The molecule has 2 aromatic rings. The molecular formula is C12H14BrN5O. The first kappa shape index (κ1) is 12.4. The molecule has 6 nitrogen and oxygen atoms in total. The van der Waals surface area contributed by atoms with Gasteiger partial charge in [-0.3, -0.25) is 9.36 Å². The fourth-order valence-electron chi connectivity index (χ4n) is 2.02. The van der Waals surface area contributed by atoms with E-state index < -0.39 is 6.04 Å². The lowest BCUT2D eigenvalue weighted by molar-refractivity contribution is -0.123. The standard InChI is InChI=1S/C12H14BrN5O/c1-6(11(19)16-8-2-3-8)18-10-9(17-12(18)14)4-7(13)5-15-10/h4-6,8H,2-3H2,1H3,(H2,14,17)(H,16,19). The first-order valence-electron chi connectivity index (χ1n) is 6.15. The number of imidazole rings is 1. The summed E-state index contributed by atoms with van der Waals surface area (Å²) in [5, 5.41) is 2.97. The minimum atomic E-state index is -0.417. The molecule has 2 heterocycles. The second-order valence-electron chi connectivity index (χ2n) is 4.80. The number of pyridine rings is 1. The quantitative estimate of drug-likeness (QED) is 0.898. The molecular weight excluding hydrogens is 310 g/mol. The number of carbonyl (C=O) groups excluding carboxylic acids is 1. The number of nitrogens with zero attached hydrogens (tertiary/aromatic N) is 3. The molecule has 1 amide bonds. The number of nitrogens with two attached hydrogens (primary N) is 1. The summed E-state index contributed by atoms with van der Waals surface area (Å²) in [6.45, 7) is 1.80. The van der Waals surface area contributed by atoms with Gasteiger partial charge < -0.3 is 11.1 Å². The van der Waals surface area contributed by atoms with Crippen molar-refractivity contribution in [3.05, 3.63) is 16.7 Å². The highest BCUT2D eigenvalue weighted by atomic mass is 79.9. The summed E-state index contributed by atoms with van der Waals surface area (Å²) < 4.78 is 2.50. The Morgan fingerprint density at radius 2 is 2.37 bits per heavy atom. The second-order valence-corrected chi connectivity index (χ2v) is 5.71. The molecule has 0 bridgehead atoms. The Labute approximate surface area is 118 Å². The maximum absolute atomic E-state index is 12.1. The van der Waals surface area contributed by atoms with Gasteiger partial charge in [0.05, 0.1) is 0 Å². The Bertz CT molecular complexity index is 649.